The fourth-order valence-corrected chi connectivity index (χ4v) is 3.51. The highest BCUT2D eigenvalue weighted by molar-refractivity contribution is 7.87. The Hall–Kier alpha value is -2.91. The molecule has 0 spiro atoms. The van der Waals surface area contributed by atoms with Crippen molar-refractivity contribution in [2.24, 2.45) is 0 Å². The van der Waals surface area contributed by atoms with E-state index in [2.05, 4.69) is 10.6 Å². The molecule has 1 aliphatic rings. The zero-order valence-corrected chi connectivity index (χ0v) is 16.1. The third kappa shape index (κ3) is 4.26. The van der Waals surface area contributed by atoms with Crippen LogP contribution in [0, 0.1) is 6.92 Å². The molecule has 1 heterocycles. The maximum atomic E-state index is 12.5. The van der Waals surface area contributed by atoms with E-state index in [1.165, 1.54) is 25.3 Å². The van der Waals surface area contributed by atoms with Gasteiger partial charge in [0.15, 0.2) is 16.6 Å². The van der Waals surface area contributed by atoms with Gasteiger partial charge in [-0.2, -0.15) is 8.42 Å². The van der Waals surface area contributed by atoms with Gasteiger partial charge < -0.3 is 14.2 Å². The van der Waals surface area contributed by atoms with Gasteiger partial charge in [0.05, 0.1) is 7.11 Å². The van der Waals surface area contributed by atoms with Crippen molar-refractivity contribution in [1.29, 1.82) is 0 Å². The van der Waals surface area contributed by atoms with Gasteiger partial charge in [-0.05, 0) is 55.0 Å². The van der Waals surface area contributed by atoms with E-state index in [9.17, 15) is 13.2 Å². The second-order valence-electron chi connectivity index (χ2n) is 5.73. The Morgan fingerprint density at radius 1 is 1.04 bits per heavy atom. The summed E-state index contributed by atoms with van der Waals surface area (Å²) in [4.78, 5) is 11.8. The minimum absolute atomic E-state index is 0.0413. The van der Waals surface area contributed by atoms with Crippen molar-refractivity contribution in [1.82, 2.24) is 10.6 Å². The molecule has 9 heteroatoms. The van der Waals surface area contributed by atoms with Crippen molar-refractivity contribution >= 4 is 39.4 Å². The van der Waals surface area contributed by atoms with Crippen molar-refractivity contribution in [2.45, 2.75) is 11.8 Å². The summed E-state index contributed by atoms with van der Waals surface area (Å²) in [5, 5.41) is 5.41. The second-order valence-corrected chi connectivity index (χ2v) is 7.68. The zero-order valence-electron chi connectivity index (χ0n) is 14.5. The molecule has 7 nitrogen and oxygen atoms in total. The average Bonchev–Trinajstić information content (AvgIpc) is 2.93. The van der Waals surface area contributed by atoms with Crippen LogP contribution in [0.3, 0.4) is 0 Å². The van der Waals surface area contributed by atoms with Gasteiger partial charge in [0.25, 0.3) is 5.91 Å². The highest BCUT2D eigenvalue weighted by Crippen LogP contribution is 2.31. The summed E-state index contributed by atoms with van der Waals surface area (Å²) < 4.78 is 35.4. The fraction of sp³-hybridized carbons (Fsp3) is 0.111. The summed E-state index contributed by atoms with van der Waals surface area (Å²) in [7, 11) is -2.61. The van der Waals surface area contributed by atoms with Crippen molar-refractivity contribution in [3.05, 3.63) is 59.3 Å². The minimum atomic E-state index is -4.00. The normalized spacial score (nSPS) is 15.4. The van der Waals surface area contributed by atoms with Gasteiger partial charge in [-0.15, -0.1) is 0 Å². The number of methoxy groups -OCH3 is 1. The molecule has 0 aromatic heterocycles. The topological polar surface area (TPSA) is 93.7 Å². The van der Waals surface area contributed by atoms with Crippen molar-refractivity contribution < 1.29 is 22.1 Å². The maximum Gasteiger partial charge on any atom is 0.339 e. The molecule has 1 amide bonds. The Kier molecular flexibility index (Phi) is 5.15. The van der Waals surface area contributed by atoms with E-state index in [4.69, 9.17) is 21.1 Å². The number of carbonyl (C=O) groups is 1. The molecule has 0 unspecified atom stereocenters. The summed E-state index contributed by atoms with van der Waals surface area (Å²) in [5.41, 5.74) is 1.82. The molecule has 1 saturated heterocycles. The molecule has 0 atom stereocenters. The van der Waals surface area contributed by atoms with E-state index in [0.29, 0.717) is 5.56 Å². The van der Waals surface area contributed by atoms with E-state index in [1.807, 2.05) is 6.92 Å². The van der Waals surface area contributed by atoms with Gasteiger partial charge in [0, 0.05) is 0 Å². The lowest BCUT2D eigenvalue weighted by Gasteiger charge is -2.11. The van der Waals surface area contributed by atoms with Gasteiger partial charge in [-0.3, -0.25) is 10.1 Å². The third-order valence-electron chi connectivity index (χ3n) is 3.73. The van der Waals surface area contributed by atoms with Gasteiger partial charge in [0.1, 0.15) is 10.6 Å². The molecule has 2 aromatic rings. The second kappa shape index (κ2) is 7.37. The van der Waals surface area contributed by atoms with Crippen LogP contribution < -0.4 is 19.6 Å². The van der Waals surface area contributed by atoms with Crippen LogP contribution >= 0.6 is 12.2 Å². The monoisotopic (exact) mass is 404 g/mol. The number of hydrogen-bond acceptors (Lipinski definition) is 6. The van der Waals surface area contributed by atoms with Crippen molar-refractivity contribution in [3.63, 3.8) is 0 Å². The molecule has 0 radical (unpaired) electrons. The number of thiocarbonyl (C=S) groups is 1. The molecule has 1 aliphatic heterocycles. The predicted molar refractivity (Wildman–Crippen MR) is 104 cm³/mol. The summed E-state index contributed by atoms with van der Waals surface area (Å²) in [6, 6.07) is 10.9. The van der Waals surface area contributed by atoms with Crippen LogP contribution in [0.2, 0.25) is 0 Å². The third-order valence-corrected chi connectivity index (χ3v) is 5.18. The van der Waals surface area contributed by atoms with E-state index < -0.39 is 10.1 Å². The first kappa shape index (κ1) is 18.9. The summed E-state index contributed by atoms with van der Waals surface area (Å²) in [6.45, 7) is 1.86. The number of carbonyl (C=O) groups excluding carboxylic acids is 1. The van der Waals surface area contributed by atoms with Crippen LogP contribution in [-0.2, 0) is 14.9 Å². The fourth-order valence-electron chi connectivity index (χ4n) is 2.36. The lowest BCUT2D eigenvalue weighted by atomic mass is 10.1. The molecule has 0 aliphatic carbocycles. The lowest BCUT2D eigenvalue weighted by molar-refractivity contribution is -0.115. The van der Waals surface area contributed by atoms with E-state index in [-0.39, 0.29) is 33.1 Å². The smallest absolute Gasteiger partial charge is 0.339 e. The molecule has 1 fully saturated rings. The van der Waals surface area contributed by atoms with Gasteiger partial charge in [0.2, 0.25) is 0 Å². The van der Waals surface area contributed by atoms with Crippen LogP contribution in [0.15, 0.2) is 53.1 Å². The van der Waals surface area contributed by atoms with Crippen LogP contribution in [0.4, 0.5) is 0 Å². The first-order valence-corrected chi connectivity index (χ1v) is 9.63. The van der Waals surface area contributed by atoms with Crippen LogP contribution in [0.25, 0.3) is 6.08 Å². The standard InChI is InChI=1S/C18H16N2O5S2/c1-11-3-6-13(7-4-11)27(22,23)25-15-8-5-12(10-16(15)24-2)9-14-17(21)20-18(26)19-14/h3-10H,1-2H3,(H2,19,20,21,26)/b14-9-. The molecule has 0 bridgehead atoms. The van der Waals surface area contributed by atoms with E-state index in [1.54, 1.807) is 30.3 Å². The molecule has 0 saturated carbocycles. The number of nitrogens with one attached hydrogen (secondary N) is 2. The molecule has 27 heavy (non-hydrogen) atoms. The minimum Gasteiger partial charge on any atom is -0.493 e. The Balaban J connectivity index is 1.89. The predicted octanol–water partition coefficient (Wildman–Crippen LogP) is 2.12. The van der Waals surface area contributed by atoms with Crippen molar-refractivity contribution in [3.8, 4) is 11.5 Å². The summed E-state index contributed by atoms with van der Waals surface area (Å²) in [6.07, 6.45) is 1.56. The van der Waals surface area contributed by atoms with Gasteiger partial charge >= 0.3 is 10.1 Å². The first-order valence-electron chi connectivity index (χ1n) is 7.82. The van der Waals surface area contributed by atoms with Crippen LogP contribution in [0.5, 0.6) is 11.5 Å². The molecule has 2 N–H and O–H groups in total. The quantitative estimate of drug-likeness (QED) is 0.448. The number of hydrogen-bond donors (Lipinski definition) is 2. The summed E-state index contributed by atoms with van der Waals surface area (Å²) in [5.74, 6) is -0.0955. The summed E-state index contributed by atoms with van der Waals surface area (Å²) >= 11 is 4.88. The largest absolute Gasteiger partial charge is 0.493 e. The average molecular weight is 404 g/mol. The number of aryl methyl sites for hydroxylation is 1. The number of ether oxygens (including phenoxy) is 1. The molecule has 3 rings (SSSR count). The molecular formula is C18H16N2O5S2. The Morgan fingerprint density at radius 2 is 1.74 bits per heavy atom. The number of rotatable bonds is 5. The Morgan fingerprint density at radius 3 is 2.33 bits per heavy atom. The SMILES string of the molecule is COc1cc(/C=C2\NC(=S)NC2=O)ccc1OS(=O)(=O)c1ccc(C)cc1. The van der Waals surface area contributed by atoms with E-state index in [0.717, 1.165) is 5.56 Å². The Bertz CT molecular complexity index is 1040. The number of benzene rings is 2. The van der Waals surface area contributed by atoms with Crippen LogP contribution in [-0.4, -0.2) is 26.5 Å². The Labute approximate surface area is 162 Å². The lowest BCUT2D eigenvalue weighted by Crippen LogP contribution is -2.21. The molecule has 2 aromatic carbocycles. The molecular weight excluding hydrogens is 388 g/mol. The molecule has 140 valence electrons. The van der Waals surface area contributed by atoms with E-state index >= 15 is 0 Å². The highest BCUT2D eigenvalue weighted by atomic mass is 32.2. The van der Waals surface area contributed by atoms with Gasteiger partial charge in [-0.1, -0.05) is 23.8 Å². The van der Waals surface area contributed by atoms with Gasteiger partial charge in [-0.25, -0.2) is 0 Å². The number of amides is 1. The van der Waals surface area contributed by atoms with Crippen LogP contribution in [0.1, 0.15) is 11.1 Å². The highest BCUT2D eigenvalue weighted by Gasteiger charge is 2.21. The maximum absolute atomic E-state index is 12.5. The first-order chi connectivity index (χ1) is 12.8. The van der Waals surface area contributed by atoms with Crippen molar-refractivity contribution in [2.75, 3.05) is 7.11 Å². The zero-order chi connectivity index (χ0) is 19.6.